The summed E-state index contributed by atoms with van der Waals surface area (Å²) in [7, 11) is 0. The quantitative estimate of drug-likeness (QED) is 0.749. The molecule has 1 atom stereocenters. The van der Waals surface area contributed by atoms with Crippen molar-refractivity contribution in [2.45, 2.75) is 26.1 Å². The summed E-state index contributed by atoms with van der Waals surface area (Å²) in [5, 5.41) is 2.27. The lowest BCUT2D eigenvalue weighted by molar-refractivity contribution is -0.115. The summed E-state index contributed by atoms with van der Waals surface area (Å²) in [6, 6.07) is 5.80. The van der Waals surface area contributed by atoms with Gasteiger partial charge in [-0.25, -0.2) is 0 Å². The third-order valence-corrected chi connectivity index (χ3v) is 2.42. The van der Waals surface area contributed by atoms with Crippen LogP contribution in [-0.4, -0.2) is 11.3 Å². The van der Waals surface area contributed by atoms with Crippen LogP contribution in [0, 0.1) is 13.8 Å². The number of halogens is 1. The number of hydrogen-bond acceptors (Lipinski definition) is 1. The Hall–Kier alpha value is -1.02. The van der Waals surface area contributed by atoms with Gasteiger partial charge >= 0.3 is 0 Å². The SMILES string of the molecule is Cc1cccc(NC(=O)[C@@H](C)Cl)c1C. The molecule has 0 saturated carbocycles. The van der Waals surface area contributed by atoms with Crippen molar-refractivity contribution in [3.05, 3.63) is 29.3 Å². The van der Waals surface area contributed by atoms with Gasteiger partial charge in [-0.05, 0) is 38.0 Å². The molecule has 1 N–H and O–H groups in total. The van der Waals surface area contributed by atoms with Crippen LogP contribution < -0.4 is 5.32 Å². The Balaban J connectivity index is 2.87. The Morgan fingerprint density at radius 3 is 2.64 bits per heavy atom. The van der Waals surface area contributed by atoms with Crippen LogP contribution >= 0.6 is 11.6 Å². The molecule has 76 valence electrons. The minimum atomic E-state index is -0.505. The van der Waals surface area contributed by atoms with Crippen molar-refractivity contribution in [1.29, 1.82) is 0 Å². The van der Waals surface area contributed by atoms with Gasteiger partial charge in [0.2, 0.25) is 5.91 Å². The third-order valence-electron chi connectivity index (χ3n) is 2.22. The van der Waals surface area contributed by atoms with Crippen LogP contribution in [0.15, 0.2) is 18.2 Å². The van der Waals surface area contributed by atoms with Gasteiger partial charge in [-0.1, -0.05) is 12.1 Å². The second-order valence-electron chi connectivity index (χ2n) is 3.35. The highest BCUT2D eigenvalue weighted by molar-refractivity contribution is 6.32. The van der Waals surface area contributed by atoms with Crippen LogP contribution in [-0.2, 0) is 4.79 Å². The number of alkyl halides is 1. The van der Waals surface area contributed by atoms with E-state index in [4.69, 9.17) is 11.6 Å². The largest absolute Gasteiger partial charge is 0.325 e. The smallest absolute Gasteiger partial charge is 0.242 e. The van der Waals surface area contributed by atoms with Crippen molar-refractivity contribution >= 4 is 23.2 Å². The summed E-state index contributed by atoms with van der Waals surface area (Å²) < 4.78 is 0. The van der Waals surface area contributed by atoms with Crippen molar-refractivity contribution in [1.82, 2.24) is 0 Å². The van der Waals surface area contributed by atoms with Gasteiger partial charge in [-0.2, -0.15) is 0 Å². The molecule has 3 heteroatoms. The van der Waals surface area contributed by atoms with Crippen molar-refractivity contribution in [3.8, 4) is 0 Å². The fourth-order valence-corrected chi connectivity index (χ4v) is 1.17. The van der Waals surface area contributed by atoms with E-state index in [-0.39, 0.29) is 5.91 Å². The van der Waals surface area contributed by atoms with Gasteiger partial charge in [0.05, 0.1) is 0 Å². The molecule has 1 amide bonds. The van der Waals surface area contributed by atoms with Crippen LogP contribution in [0.4, 0.5) is 5.69 Å². The Labute approximate surface area is 89.3 Å². The summed E-state index contributed by atoms with van der Waals surface area (Å²) in [5.74, 6) is -0.166. The van der Waals surface area contributed by atoms with Crippen molar-refractivity contribution in [2.75, 3.05) is 5.32 Å². The van der Waals surface area contributed by atoms with Gasteiger partial charge in [-0.3, -0.25) is 4.79 Å². The first-order valence-corrected chi connectivity index (χ1v) is 4.97. The first-order valence-electron chi connectivity index (χ1n) is 4.53. The number of amides is 1. The van der Waals surface area contributed by atoms with Gasteiger partial charge in [0.25, 0.3) is 0 Å². The lowest BCUT2D eigenvalue weighted by Gasteiger charge is -2.10. The van der Waals surface area contributed by atoms with Crippen LogP contribution in [0.2, 0.25) is 0 Å². The highest BCUT2D eigenvalue weighted by atomic mass is 35.5. The van der Waals surface area contributed by atoms with Crippen LogP contribution in [0.25, 0.3) is 0 Å². The summed E-state index contributed by atoms with van der Waals surface area (Å²) in [5.41, 5.74) is 3.07. The number of carbonyl (C=O) groups excluding carboxylic acids is 1. The number of rotatable bonds is 2. The number of benzene rings is 1. The Morgan fingerprint density at radius 1 is 1.43 bits per heavy atom. The fraction of sp³-hybridized carbons (Fsp3) is 0.364. The second-order valence-corrected chi connectivity index (χ2v) is 4.01. The number of anilines is 1. The Morgan fingerprint density at radius 2 is 2.07 bits per heavy atom. The monoisotopic (exact) mass is 211 g/mol. The zero-order chi connectivity index (χ0) is 10.7. The van der Waals surface area contributed by atoms with E-state index in [1.807, 2.05) is 32.0 Å². The van der Waals surface area contributed by atoms with Gasteiger partial charge in [0, 0.05) is 5.69 Å². The van der Waals surface area contributed by atoms with E-state index < -0.39 is 5.38 Å². The molecule has 0 saturated heterocycles. The molecule has 2 nitrogen and oxygen atoms in total. The molecule has 1 aromatic rings. The maximum Gasteiger partial charge on any atom is 0.242 e. The molecule has 0 aliphatic rings. The van der Waals surface area contributed by atoms with Gasteiger partial charge < -0.3 is 5.32 Å². The fourth-order valence-electron chi connectivity index (χ4n) is 1.12. The van der Waals surface area contributed by atoms with Crippen LogP contribution in [0.1, 0.15) is 18.1 Å². The van der Waals surface area contributed by atoms with Crippen LogP contribution in [0.3, 0.4) is 0 Å². The normalized spacial score (nSPS) is 12.3. The molecule has 0 spiro atoms. The summed E-state index contributed by atoms with van der Waals surface area (Å²) in [6.07, 6.45) is 0. The van der Waals surface area contributed by atoms with E-state index in [1.54, 1.807) is 6.92 Å². The van der Waals surface area contributed by atoms with Crippen molar-refractivity contribution in [3.63, 3.8) is 0 Å². The highest BCUT2D eigenvalue weighted by Crippen LogP contribution is 2.18. The molecule has 0 heterocycles. The summed E-state index contributed by atoms with van der Waals surface area (Å²) in [4.78, 5) is 11.3. The Kier molecular flexibility index (Phi) is 3.53. The molecule has 0 aliphatic heterocycles. The number of carbonyl (C=O) groups is 1. The number of aryl methyl sites for hydroxylation is 1. The molecule has 0 fully saturated rings. The van der Waals surface area contributed by atoms with E-state index >= 15 is 0 Å². The molecule has 14 heavy (non-hydrogen) atoms. The molecule has 0 aromatic heterocycles. The van der Waals surface area contributed by atoms with E-state index in [0.29, 0.717) is 0 Å². The molecule has 0 bridgehead atoms. The van der Waals surface area contributed by atoms with Crippen molar-refractivity contribution in [2.24, 2.45) is 0 Å². The molecule has 1 aromatic carbocycles. The van der Waals surface area contributed by atoms with Crippen LogP contribution in [0.5, 0.6) is 0 Å². The molecule has 0 unspecified atom stereocenters. The van der Waals surface area contributed by atoms with E-state index in [1.165, 1.54) is 0 Å². The number of nitrogens with one attached hydrogen (secondary N) is 1. The summed E-state index contributed by atoms with van der Waals surface area (Å²) >= 11 is 5.66. The topological polar surface area (TPSA) is 29.1 Å². The van der Waals surface area contributed by atoms with E-state index in [9.17, 15) is 4.79 Å². The molecular weight excluding hydrogens is 198 g/mol. The molecule has 0 radical (unpaired) electrons. The van der Waals surface area contributed by atoms with Gasteiger partial charge in [-0.15, -0.1) is 11.6 Å². The minimum absolute atomic E-state index is 0.166. The molecule has 1 rings (SSSR count). The molecular formula is C11H14ClNO. The zero-order valence-electron chi connectivity index (χ0n) is 8.60. The highest BCUT2D eigenvalue weighted by Gasteiger charge is 2.10. The molecule has 0 aliphatic carbocycles. The van der Waals surface area contributed by atoms with E-state index in [2.05, 4.69) is 5.32 Å². The average Bonchev–Trinajstić information content (AvgIpc) is 2.12. The predicted molar refractivity (Wildman–Crippen MR) is 59.9 cm³/mol. The van der Waals surface area contributed by atoms with Crippen molar-refractivity contribution < 1.29 is 4.79 Å². The summed E-state index contributed by atoms with van der Waals surface area (Å²) in [6.45, 7) is 5.64. The predicted octanol–water partition coefficient (Wildman–Crippen LogP) is 2.87. The second kappa shape index (κ2) is 4.47. The van der Waals surface area contributed by atoms with Gasteiger partial charge in [0.15, 0.2) is 0 Å². The minimum Gasteiger partial charge on any atom is -0.325 e. The lowest BCUT2D eigenvalue weighted by atomic mass is 10.1. The standard InChI is InChI=1S/C11H14ClNO/c1-7-5-4-6-10(8(7)2)13-11(14)9(3)12/h4-6,9H,1-3H3,(H,13,14)/t9-/m1/s1. The maximum absolute atomic E-state index is 11.3. The third kappa shape index (κ3) is 2.48. The van der Waals surface area contributed by atoms with Gasteiger partial charge in [0.1, 0.15) is 5.38 Å². The first-order chi connectivity index (χ1) is 6.52. The zero-order valence-corrected chi connectivity index (χ0v) is 9.35. The first kappa shape index (κ1) is 11.1. The van der Waals surface area contributed by atoms with E-state index in [0.717, 1.165) is 16.8 Å². The lowest BCUT2D eigenvalue weighted by Crippen LogP contribution is -2.20. The average molecular weight is 212 g/mol. The number of hydrogen-bond donors (Lipinski definition) is 1. The maximum atomic E-state index is 11.3. The Bertz CT molecular complexity index is 347.